The van der Waals surface area contributed by atoms with Gasteiger partial charge < -0.3 is 4.42 Å². The number of hydrogen-bond donors (Lipinski definition) is 1. The second-order valence-corrected chi connectivity index (χ2v) is 9.66. The molecule has 156 valence electrons. The minimum atomic E-state index is -3.51. The third kappa shape index (κ3) is 4.51. The Morgan fingerprint density at radius 1 is 0.966 bits per heavy atom. The van der Waals surface area contributed by atoms with Crippen LogP contribution in [0, 0.1) is 0 Å². The van der Waals surface area contributed by atoms with E-state index in [1.54, 1.807) is 0 Å². The average molecular weight is 419 g/mol. The van der Waals surface area contributed by atoms with Gasteiger partial charge in [0.2, 0.25) is 15.9 Å². The van der Waals surface area contributed by atoms with Gasteiger partial charge in [0, 0.05) is 24.6 Å². The summed E-state index contributed by atoms with van der Waals surface area (Å²) < 4.78 is 32.5. The molecule has 9 heteroatoms. The number of carbonyl (C=O) groups excluding carboxylic acids is 1. The standard InChI is InChI=1S/C20H26N4O4S/c25-18(21-20-23-22-19(28-20)16-7-3-1-4-8-16)15-9-11-17(12-10-15)29(26,27)24-13-5-2-6-14-24/h9-12,16H,1-8,13-14H2,(H,21,23,25). The van der Waals surface area contributed by atoms with Gasteiger partial charge in [-0.1, -0.05) is 30.8 Å². The second-order valence-electron chi connectivity index (χ2n) is 7.72. The van der Waals surface area contributed by atoms with Gasteiger partial charge in [0.15, 0.2) is 0 Å². The van der Waals surface area contributed by atoms with Crippen molar-refractivity contribution in [1.29, 1.82) is 0 Å². The maximum Gasteiger partial charge on any atom is 0.322 e. The third-order valence-electron chi connectivity index (χ3n) is 5.68. The predicted octanol–water partition coefficient (Wildman–Crippen LogP) is 3.54. The van der Waals surface area contributed by atoms with Crippen molar-refractivity contribution < 1.29 is 17.6 Å². The Labute approximate surface area is 170 Å². The van der Waals surface area contributed by atoms with E-state index in [0.717, 1.165) is 44.9 Å². The van der Waals surface area contributed by atoms with Crippen LogP contribution in [0.1, 0.15) is 73.5 Å². The zero-order valence-corrected chi connectivity index (χ0v) is 17.2. The van der Waals surface area contributed by atoms with Crippen LogP contribution in [0.4, 0.5) is 6.01 Å². The molecule has 0 bridgehead atoms. The molecule has 1 saturated carbocycles. The van der Waals surface area contributed by atoms with Crippen molar-refractivity contribution >= 4 is 21.9 Å². The summed E-state index contributed by atoms with van der Waals surface area (Å²) in [6, 6.07) is 6.02. The summed E-state index contributed by atoms with van der Waals surface area (Å²) in [7, 11) is -3.51. The lowest BCUT2D eigenvalue weighted by Gasteiger charge is -2.25. The summed E-state index contributed by atoms with van der Waals surface area (Å²) in [6.45, 7) is 1.09. The van der Waals surface area contributed by atoms with Gasteiger partial charge in [-0.3, -0.25) is 10.1 Å². The van der Waals surface area contributed by atoms with E-state index in [2.05, 4.69) is 15.5 Å². The molecule has 1 aliphatic heterocycles. The van der Waals surface area contributed by atoms with Crippen LogP contribution in [0.15, 0.2) is 33.6 Å². The Morgan fingerprint density at radius 2 is 1.62 bits per heavy atom. The maximum atomic E-state index is 12.7. The number of sulfonamides is 1. The number of carbonyl (C=O) groups is 1. The molecule has 2 fully saturated rings. The van der Waals surface area contributed by atoms with Crippen LogP contribution >= 0.6 is 0 Å². The highest BCUT2D eigenvalue weighted by molar-refractivity contribution is 7.89. The molecule has 1 amide bonds. The molecule has 1 N–H and O–H groups in total. The van der Waals surface area contributed by atoms with Crippen molar-refractivity contribution in [3.8, 4) is 0 Å². The highest BCUT2D eigenvalue weighted by atomic mass is 32.2. The van der Waals surface area contributed by atoms with E-state index in [9.17, 15) is 13.2 Å². The Kier molecular flexibility index (Phi) is 5.96. The number of amides is 1. The summed E-state index contributed by atoms with van der Waals surface area (Å²) in [4.78, 5) is 12.7. The van der Waals surface area contributed by atoms with Crippen molar-refractivity contribution in [2.75, 3.05) is 18.4 Å². The fourth-order valence-corrected chi connectivity index (χ4v) is 5.52. The van der Waals surface area contributed by atoms with E-state index in [0.29, 0.717) is 24.5 Å². The maximum absolute atomic E-state index is 12.7. The minimum Gasteiger partial charge on any atom is -0.408 e. The zero-order chi connectivity index (χ0) is 20.3. The normalized spacial score (nSPS) is 19.2. The molecular formula is C20H26N4O4S. The number of nitrogens with zero attached hydrogens (tertiary/aromatic N) is 3. The lowest BCUT2D eigenvalue weighted by molar-refractivity contribution is 0.102. The molecule has 0 unspecified atom stereocenters. The molecule has 2 aliphatic rings. The molecule has 0 spiro atoms. The molecule has 1 saturated heterocycles. The lowest BCUT2D eigenvalue weighted by atomic mass is 9.89. The van der Waals surface area contributed by atoms with Gasteiger partial charge in [-0.2, -0.15) is 4.31 Å². The van der Waals surface area contributed by atoms with Crippen molar-refractivity contribution in [2.45, 2.75) is 62.2 Å². The zero-order valence-electron chi connectivity index (χ0n) is 16.3. The SMILES string of the molecule is O=C(Nc1nnc(C2CCCCC2)o1)c1ccc(S(=O)(=O)N2CCCCC2)cc1. The molecule has 1 aromatic heterocycles. The van der Waals surface area contributed by atoms with Gasteiger partial charge in [-0.15, -0.1) is 5.10 Å². The van der Waals surface area contributed by atoms with Crippen LogP contribution in [0.2, 0.25) is 0 Å². The molecule has 1 aromatic carbocycles. The van der Waals surface area contributed by atoms with Crippen LogP contribution in [0.3, 0.4) is 0 Å². The van der Waals surface area contributed by atoms with Crippen molar-refractivity contribution in [2.24, 2.45) is 0 Å². The van der Waals surface area contributed by atoms with E-state index in [1.165, 1.54) is 35.0 Å². The Bertz CT molecular complexity index is 943. The van der Waals surface area contributed by atoms with Gasteiger partial charge >= 0.3 is 6.01 Å². The Morgan fingerprint density at radius 3 is 2.31 bits per heavy atom. The first-order valence-electron chi connectivity index (χ1n) is 10.3. The molecule has 29 heavy (non-hydrogen) atoms. The van der Waals surface area contributed by atoms with E-state index in [1.807, 2.05) is 0 Å². The minimum absolute atomic E-state index is 0.0700. The first-order valence-corrected chi connectivity index (χ1v) is 11.7. The lowest BCUT2D eigenvalue weighted by Crippen LogP contribution is -2.35. The summed E-state index contributed by atoms with van der Waals surface area (Å²) in [6.07, 6.45) is 8.42. The first kappa shape index (κ1) is 20.0. The molecule has 0 radical (unpaired) electrons. The fourth-order valence-electron chi connectivity index (χ4n) is 4.00. The number of nitrogens with one attached hydrogen (secondary N) is 1. The van der Waals surface area contributed by atoms with Crippen molar-refractivity contribution in [3.63, 3.8) is 0 Å². The van der Waals surface area contributed by atoms with Gasteiger partial charge in [0.25, 0.3) is 5.91 Å². The molecule has 1 aliphatic carbocycles. The quantitative estimate of drug-likeness (QED) is 0.796. The summed E-state index contributed by atoms with van der Waals surface area (Å²) in [5, 5.41) is 10.6. The molecule has 0 atom stereocenters. The smallest absolute Gasteiger partial charge is 0.322 e. The van der Waals surface area contributed by atoms with Crippen LogP contribution in [0.5, 0.6) is 0 Å². The van der Waals surface area contributed by atoms with Gasteiger partial charge in [0.05, 0.1) is 4.90 Å². The predicted molar refractivity (Wildman–Crippen MR) is 107 cm³/mol. The first-order chi connectivity index (χ1) is 14.0. The van der Waals surface area contributed by atoms with Crippen molar-refractivity contribution in [3.05, 3.63) is 35.7 Å². The topological polar surface area (TPSA) is 105 Å². The molecule has 2 aromatic rings. The summed E-state index contributed by atoms with van der Waals surface area (Å²) in [5.74, 6) is 0.426. The number of piperidine rings is 1. The summed E-state index contributed by atoms with van der Waals surface area (Å²) >= 11 is 0. The Balaban J connectivity index is 1.41. The number of rotatable bonds is 5. The second kappa shape index (κ2) is 8.62. The van der Waals surface area contributed by atoms with Gasteiger partial charge in [-0.25, -0.2) is 8.42 Å². The van der Waals surface area contributed by atoms with Crippen LogP contribution in [-0.2, 0) is 10.0 Å². The molecule has 4 rings (SSSR count). The fraction of sp³-hybridized carbons (Fsp3) is 0.550. The van der Waals surface area contributed by atoms with Gasteiger partial charge in [0.1, 0.15) is 0 Å². The van der Waals surface area contributed by atoms with Crippen LogP contribution < -0.4 is 5.32 Å². The van der Waals surface area contributed by atoms with Crippen LogP contribution in [-0.4, -0.2) is 41.9 Å². The third-order valence-corrected chi connectivity index (χ3v) is 7.60. The molecular weight excluding hydrogens is 392 g/mol. The van der Waals surface area contributed by atoms with E-state index in [4.69, 9.17) is 4.42 Å². The van der Waals surface area contributed by atoms with Crippen molar-refractivity contribution in [1.82, 2.24) is 14.5 Å². The number of anilines is 1. The highest BCUT2D eigenvalue weighted by Crippen LogP contribution is 2.32. The van der Waals surface area contributed by atoms with E-state index >= 15 is 0 Å². The monoisotopic (exact) mass is 418 g/mol. The number of aromatic nitrogens is 2. The van der Waals surface area contributed by atoms with E-state index < -0.39 is 15.9 Å². The number of benzene rings is 1. The number of hydrogen-bond acceptors (Lipinski definition) is 6. The molecule has 2 heterocycles. The largest absolute Gasteiger partial charge is 0.408 e. The highest BCUT2D eigenvalue weighted by Gasteiger charge is 2.26. The van der Waals surface area contributed by atoms with Gasteiger partial charge in [-0.05, 0) is 49.9 Å². The van der Waals surface area contributed by atoms with E-state index in [-0.39, 0.29) is 16.8 Å². The van der Waals surface area contributed by atoms with Crippen LogP contribution in [0.25, 0.3) is 0 Å². The summed E-state index contributed by atoms with van der Waals surface area (Å²) in [5.41, 5.74) is 0.333. The Hall–Kier alpha value is -2.26. The average Bonchev–Trinajstić information content (AvgIpc) is 3.23. The molecule has 8 nitrogen and oxygen atoms in total.